The van der Waals surface area contributed by atoms with Crippen molar-refractivity contribution in [2.75, 3.05) is 12.8 Å². The summed E-state index contributed by atoms with van der Waals surface area (Å²) in [6.45, 7) is -2.44. The molecule has 0 aliphatic heterocycles. The average Bonchev–Trinajstić information content (AvgIpc) is 2.59. The van der Waals surface area contributed by atoms with Gasteiger partial charge in [0.1, 0.15) is 6.54 Å². The number of nitro groups is 1. The van der Waals surface area contributed by atoms with Gasteiger partial charge >= 0.3 is 6.18 Å². The largest absolute Gasteiger partial charge is 0.406 e. The highest BCUT2D eigenvalue weighted by Crippen LogP contribution is 2.27. The summed E-state index contributed by atoms with van der Waals surface area (Å²) in [5, 5.41) is 10.9. The van der Waals surface area contributed by atoms with Gasteiger partial charge in [0.05, 0.1) is 26.9 Å². The number of nitro benzene ring substituents is 1. The summed E-state index contributed by atoms with van der Waals surface area (Å²) in [7, 11) is -3.75. The predicted molar refractivity (Wildman–Crippen MR) is 98.5 cm³/mol. The molecule has 0 spiro atoms. The van der Waals surface area contributed by atoms with Crippen molar-refractivity contribution in [1.82, 2.24) is 4.90 Å². The number of halogens is 4. The van der Waals surface area contributed by atoms with Crippen LogP contribution in [0.25, 0.3) is 0 Å². The number of alkyl halides is 3. The zero-order valence-electron chi connectivity index (χ0n) is 14.8. The Labute approximate surface area is 168 Å². The van der Waals surface area contributed by atoms with Gasteiger partial charge in [0.2, 0.25) is 0 Å². The number of rotatable bonds is 6. The van der Waals surface area contributed by atoms with E-state index >= 15 is 0 Å². The molecule has 0 atom stereocenters. The molecule has 0 N–H and O–H groups in total. The smallest absolute Gasteiger partial charge is 0.325 e. The Morgan fingerprint density at radius 3 is 2.38 bits per heavy atom. The van der Waals surface area contributed by atoms with Crippen LogP contribution < -0.4 is 0 Å². The van der Waals surface area contributed by atoms with Crippen LogP contribution in [0.4, 0.5) is 18.9 Å². The van der Waals surface area contributed by atoms with Crippen molar-refractivity contribution in [3.63, 3.8) is 0 Å². The number of benzene rings is 2. The second kappa shape index (κ2) is 8.37. The maximum atomic E-state index is 13.1. The van der Waals surface area contributed by atoms with Crippen molar-refractivity contribution in [2.24, 2.45) is 0 Å². The van der Waals surface area contributed by atoms with Crippen LogP contribution in [-0.4, -0.2) is 43.1 Å². The highest BCUT2D eigenvalue weighted by atomic mass is 35.5. The van der Waals surface area contributed by atoms with Gasteiger partial charge in [-0.1, -0.05) is 29.8 Å². The van der Waals surface area contributed by atoms with E-state index in [0.29, 0.717) is 4.90 Å². The number of amides is 1. The summed E-state index contributed by atoms with van der Waals surface area (Å²) in [6.07, 6.45) is -3.94. The Bertz CT molecular complexity index is 1060. The Balaban J connectivity index is 2.51. The molecule has 0 saturated carbocycles. The number of nitrogens with zero attached hydrogens (tertiary/aromatic N) is 2. The molecular weight excluding hydrogens is 437 g/mol. The van der Waals surface area contributed by atoms with Crippen molar-refractivity contribution in [3.8, 4) is 0 Å². The van der Waals surface area contributed by atoms with E-state index < -0.39 is 51.2 Å². The summed E-state index contributed by atoms with van der Waals surface area (Å²) in [5.74, 6) is -1.21. The van der Waals surface area contributed by atoms with Crippen LogP contribution in [0.15, 0.2) is 47.4 Å². The zero-order chi connectivity index (χ0) is 22.0. The molecule has 0 bridgehead atoms. The quantitative estimate of drug-likeness (QED) is 0.491. The van der Waals surface area contributed by atoms with E-state index in [1.54, 1.807) is 0 Å². The van der Waals surface area contributed by atoms with Gasteiger partial charge in [-0.25, -0.2) is 8.42 Å². The lowest BCUT2D eigenvalue weighted by Crippen LogP contribution is -2.38. The van der Waals surface area contributed by atoms with E-state index in [1.807, 2.05) is 0 Å². The van der Waals surface area contributed by atoms with E-state index in [2.05, 4.69) is 0 Å². The van der Waals surface area contributed by atoms with Crippen LogP contribution in [0.5, 0.6) is 0 Å². The molecule has 0 saturated heterocycles. The zero-order valence-corrected chi connectivity index (χ0v) is 16.4. The molecular formula is C17H14ClF3N2O5S. The average molecular weight is 451 g/mol. The SMILES string of the molecule is CS(=O)(=O)c1ccc(Cl)c(C(=O)N(Cc2ccccc2[N+](=O)[O-])CC(F)(F)F)c1. The molecule has 0 aromatic heterocycles. The predicted octanol–water partition coefficient (Wildman–Crippen LogP) is 3.86. The van der Waals surface area contributed by atoms with Crippen LogP contribution in [0.1, 0.15) is 15.9 Å². The van der Waals surface area contributed by atoms with E-state index in [4.69, 9.17) is 11.6 Å². The molecule has 0 heterocycles. The number of carbonyl (C=O) groups excluding carboxylic acids is 1. The van der Waals surface area contributed by atoms with Gasteiger partial charge in [0, 0.05) is 17.9 Å². The second-order valence-corrected chi connectivity index (χ2v) is 8.50. The lowest BCUT2D eigenvalue weighted by atomic mass is 10.1. The molecule has 2 rings (SSSR count). The third-order valence-electron chi connectivity index (χ3n) is 3.80. The maximum Gasteiger partial charge on any atom is 0.406 e. The van der Waals surface area contributed by atoms with Gasteiger partial charge in [0.15, 0.2) is 9.84 Å². The second-order valence-electron chi connectivity index (χ2n) is 6.08. The van der Waals surface area contributed by atoms with Crippen molar-refractivity contribution in [3.05, 3.63) is 68.7 Å². The fraction of sp³-hybridized carbons (Fsp3) is 0.235. The number of hydrogen-bond acceptors (Lipinski definition) is 5. The molecule has 29 heavy (non-hydrogen) atoms. The van der Waals surface area contributed by atoms with Gasteiger partial charge in [-0.2, -0.15) is 13.2 Å². The first-order valence-corrected chi connectivity index (χ1v) is 10.1. The molecule has 2 aromatic rings. The molecule has 0 fully saturated rings. The Morgan fingerprint density at radius 2 is 1.83 bits per heavy atom. The molecule has 12 heteroatoms. The first-order chi connectivity index (χ1) is 13.3. The summed E-state index contributed by atoms with van der Waals surface area (Å²) < 4.78 is 62.6. The Morgan fingerprint density at radius 1 is 1.21 bits per heavy atom. The normalized spacial score (nSPS) is 11.9. The summed E-state index contributed by atoms with van der Waals surface area (Å²) in [6, 6.07) is 8.13. The standard InChI is InChI=1S/C17H14ClF3N2O5S/c1-29(27,28)12-6-7-14(18)13(8-12)16(24)22(10-17(19,20)21)9-11-4-2-3-5-15(11)23(25)26/h2-8H,9-10H2,1H3. The van der Waals surface area contributed by atoms with Crippen LogP contribution in [0, 0.1) is 10.1 Å². The Hall–Kier alpha value is -2.66. The first-order valence-electron chi connectivity index (χ1n) is 7.87. The fourth-order valence-corrected chi connectivity index (χ4v) is 3.36. The van der Waals surface area contributed by atoms with Crippen LogP contribution >= 0.6 is 11.6 Å². The summed E-state index contributed by atoms with van der Waals surface area (Å²) >= 11 is 5.91. The number of hydrogen-bond donors (Lipinski definition) is 0. The lowest BCUT2D eigenvalue weighted by molar-refractivity contribution is -0.385. The fourth-order valence-electron chi connectivity index (χ4n) is 2.51. The summed E-state index contributed by atoms with van der Waals surface area (Å²) in [5.41, 5.74) is -1.04. The van der Waals surface area contributed by atoms with Gasteiger partial charge in [-0.3, -0.25) is 14.9 Å². The highest BCUT2D eigenvalue weighted by Gasteiger charge is 2.35. The van der Waals surface area contributed by atoms with E-state index in [9.17, 15) is 36.5 Å². The minimum atomic E-state index is -4.81. The first kappa shape index (κ1) is 22.6. The molecule has 0 radical (unpaired) electrons. The van der Waals surface area contributed by atoms with E-state index in [0.717, 1.165) is 30.5 Å². The molecule has 0 aliphatic carbocycles. The van der Waals surface area contributed by atoms with Crippen LogP contribution in [0.3, 0.4) is 0 Å². The number of carbonyl (C=O) groups is 1. The number of sulfone groups is 1. The minimum absolute atomic E-state index is 0.120. The van der Waals surface area contributed by atoms with Crippen molar-refractivity contribution in [1.29, 1.82) is 0 Å². The van der Waals surface area contributed by atoms with Gasteiger partial charge < -0.3 is 4.90 Å². The Kier molecular flexibility index (Phi) is 6.53. The maximum absolute atomic E-state index is 13.1. The lowest BCUT2D eigenvalue weighted by Gasteiger charge is -2.24. The van der Waals surface area contributed by atoms with E-state index in [-0.39, 0.29) is 15.5 Å². The topological polar surface area (TPSA) is 97.6 Å². The van der Waals surface area contributed by atoms with Gasteiger partial charge in [0.25, 0.3) is 11.6 Å². The highest BCUT2D eigenvalue weighted by molar-refractivity contribution is 7.90. The van der Waals surface area contributed by atoms with Crippen molar-refractivity contribution in [2.45, 2.75) is 17.6 Å². The molecule has 156 valence electrons. The number of para-hydroxylation sites is 1. The summed E-state index contributed by atoms with van der Waals surface area (Å²) in [4.78, 5) is 23.2. The monoisotopic (exact) mass is 450 g/mol. The van der Waals surface area contributed by atoms with Crippen molar-refractivity contribution >= 4 is 33.0 Å². The van der Waals surface area contributed by atoms with E-state index in [1.165, 1.54) is 18.2 Å². The minimum Gasteiger partial charge on any atom is -0.325 e. The molecule has 1 amide bonds. The molecule has 0 aliphatic rings. The molecule has 2 aromatic carbocycles. The molecule has 7 nitrogen and oxygen atoms in total. The van der Waals surface area contributed by atoms with Crippen LogP contribution in [-0.2, 0) is 16.4 Å². The third kappa shape index (κ3) is 5.91. The third-order valence-corrected chi connectivity index (χ3v) is 5.24. The van der Waals surface area contributed by atoms with Crippen molar-refractivity contribution < 1.29 is 31.3 Å². The van der Waals surface area contributed by atoms with Gasteiger partial charge in [-0.15, -0.1) is 0 Å². The van der Waals surface area contributed by atoms with Gasteiger partial charge in [-0.05, 0) is 18.2 Å². The molecule has 0 unspecified atom stereocenters. The van der Waals surface area contributed by atoms with Crippen LogP contribution in [0.2, 0.25) is 5.02 Å².